The third-order valence-corrected chi connectivity index (χ3v) is 6.91. The van der Waals surface area contributed by atoms with E-state index in [0.29, 0.717) is 18.5 Å². The van der Waals surface area contributed by atoms with Crippen LogP contribution in [0.1, 0.15) is 37.5 Å². The van der Waals surface area contributed by atoms with Gasteiger partial charge in [0.2, 0.25) is 5.91 Å². The van der Waals surface area contributed by atoms with Crippen LogP contribution in [0.5, 0.6) is 0 Å². The second-order valence-corrected chi connectivity index (χ2v) is 9.74. The molecule has 1 saturated carbocycles. The molecule has 2 fully saturated rings. The van der Waals surface area contributed by atoms with Gasteiger partial charge in [0.25, 0.3) is 0 Å². The first-order chi connectivity index (χ1) is 11.6. The maximum absolute atomic E-state index is 12.3. The molecule has 1 aliphatic carbocycles. The third kappa shape index (κ3) is 5.28. The van der Waals surface area contributed by atoms with E-state index in [1.54, 1.807) is 0 Å². The van der Waals surface area contributed by atoms with Crippen molar-refractivity contribution >= 4 is 33.2 Å². The normalized spacial score (nSPS) is 26.4. The van der Waals surface area contributed by atoms with Crippen LogP contribution in [0.4, 0.5) is 0 Å². The lowest BCUT2D eigenvalue weighted by molar-refractivity contribution is -0.124. The molecule has 1 aliphatic heterocycles. The number of carbonyl (C=O) groups excluding carboxylic acids is 1. The van der Waals surface area contributed by atoms with Crippen molar-refractivity contribution in [3.8, 4) is 0 Å². The minimum atomic E-state index is 0.212. The van der Waals surface area contributed by atoms with E-state index < -0.39 is 0 Å². The quantitative estimate of drug-likeness (QED) is 0.803. The van der Waals surface area contributed by atoms with Gasteiger partial charge in [-0.25, -0.2) is 0 Å². The maximum Gasteiger partial charge on any atom is 0.234 e. The predicted molar refractivity (Wildman–Crippen MR) is 103 cm³/mol. The van der Waals surface area contributed by atoms with Gasteiger partial charge in [0.05, 0.1) is 10.3 Å². The Hall–Kier alpha value is -0.430. The molecular weight excluding hydrogens is 386 g/mol. The molecule has 4 nitrogen and oxygen atoms in total. The topological polar surface area (TPSA) is 35.6 Å². The van der Waals surface area contributed by atoms with Crippen molar-refractivity contribution in [1.29, 1.82) is 0 Å². The van der Waals surface area contributed by atoms with Gasteiger partial charge in [-0.1, -0.05) is 19.8 Å². The van der Waals surface area contributed by atoms with Gasteiger partial charge in [-0.3, -0.25) is 14.6 Å². The molecule has 24 heavy (non-hydrogen) atoms. The summed E-state index contributed by atoms with van der Waals surface area (Å²) in [7, 11) is 0. The molecule has 2 aliphatic rings. The molecule has 0 bridgehead atoms. The fraction of sp³-hybridized carbons (Fsp3) is 0.722. The Morgan fingerprint density at radius 1 is 1.21 bits per heavy atom. The van der Waals surface area contributed by atoms with Crippen LogP contribution < -0.4 is 5.32 Å². The van der Waals surface area contributed by atoms with E-state index >= 15 is 0 Å². The lowest BCUT2D eigenvalue weighted by Crippen LogP contribution is -2.51. The van der Waals surface area contributed by atoms with E-state index in [-0.39, 0.29) is 5.91 Å². The lowest BCUT2D eigenvalue weighted by atomic mass is 9.86. The summed E-state index contributed by atoms with van der Waals surface area (Å²) in [5.41, 5.74) is 0. The smallest absolute Gasteiger partial charge is 0.234 e. The Morgan fingerprint density at radius 2 is 1.92 bits per heavy atom. The highest BCUT2D eigenvalue weighted by Crippen LogP contribution is 2.24. The number of nitrogens with one attached hydrogen (secondary N) is 1. The second kappa shape index (κ2) is 8.79. The largest absolute Gasteiger partial charge is 0.352 e. The second-order valence-electron chi connectivity index (χ2n) is 7.19. The fourth-order valence-corrected chi connectivity index (χ4v) is 5.27. The van der Waals surface area contributed by atoms with Gasteiger partial charge < -0.3 is 5.32 Å². The SMILES string of the molecule is C[C@H]1CCCC[C@@H]1NC(=O)CN1CCN(Cc2ccc(Br)s2)CC1. The standard InChI is InChI=1S/C18H28BrN3OS/c1-14-4-2-3-5-16(14)20-18(23)13-22-10-8-21(9-11-22)12-15-6-7-17(19)24-15/h6-7,14,16H,2-5,8-13H2,1H3,(H,20,23)/t14-,16-/m0/s1. The van der Waals surface area contributed by atoms with Gasteiger partial charge in [0, 0.05) is 43.6 Å². The van der Waals surface area contributed by atoms with Crippen molar-refractivity contribution < 1.29 is 4.79 Å². The van der Waals surface area contributed by atoms with E-state index in [2.05, 4.69) is 50.1 Å². The Kier molecular flexibility index (Phi) is 6.72. The van der Waals surface area contributed by atoms with Crippen molar-refractivity contribution in [2.45, 2.75) is 45.2 Å². The molecule has 1 saturated heterocycles. The van der Waals surface area contributed by atoms with E-state index in [4.69, 9.17) is 0 Å². The average molecular weight is 414 g/mol. The first kappa shape index (κ1) is 18.4. The molecule has 3 rings (SSSR count). The number of hydrogen-bond acceptors (Lipinski definition) is 4. The summed E-state index contributed by atoms with van der Waals surface area (Å²) in [5.74, 6) is 0.842. The number of nitrogens with zero attached hydrogens (tertiary/aromatic N) is 2. The summed E-state index contributed by atoms with van der Waals surface area (Å²) >= 11 is 5.34. The van der Waals surface area contributed by atoms with Crippen LogP contribution in [0.25, 0.3) is 0 Å². The molecule has 1 aromatic rings. The third-order valence-electron chi connectivity index (χ3n) is 5.30. The molecule has 6 heteroatoms. The molecule has 1 amide bonds. The summed E-state index contributed by atoms with van der Waals surface area (Å²) in [6.45, 7) is 7.91. The molecule has 1 aromatic heterocycles. The Morgan fingerprint density at radius 3 is 2.58 bits per heavy atom. The van der Waals surface area contributed by atoms with Gasteiger partial charge in [-0.15, -0.1) is 11.3 Å². The molecule has 0 aromatic carbocycles. The van der Waals surface area contributed by atoms with Crippen molar-refractivity contribution in [2.24, 2.45) is 5.92 Å². The van der Waals surface area contributed by atoms with Crippen molar-refractivity contribution in [2.75, 3.05) is 32.7 Å². The maximum atomic E-state index is 12.3. The van der Waals surface area contributed by atoms with Crippen molar-refractivity contribution in [1.82, 2.24) is 15.1 Å². The van der Waals surface area contributed by atoms with Crippen LogP contribution in [0, 0.1) is 5.92 Å². The fourth-order valence-electron chi connectivity index (χ4n) is 3.75. The minimum absolute atomic E-state index is 0.212. The summed E-state index contributed by atoms with van der Waals surface area (Å²) < 4.78 is 1.20. The van der Waals surface area contributed by atoms with Gasteiger partial charge in [0.1, 0.15) is 0 Å². The number of thiophene rings is 1. The van der Waals surface area contributed by atoms with Crippen LogP contribution in [-0.4, -0.2) is 54.5 Å². The number of halogens is 1. The van der Waals surface area contributed by atoms with E-state index in [9.17, 15) is 4.79 Å². The molecular formula is C18H28BrN3OS. The molecule has 0 unspecified atom stereocenters. The van der Waals surface area contributed by atoms with Crippen LogP contribution in [0.15, 0.2) is 15.9 Å². The minimum Gasteiger partial charge on any atom is -0.352 e. The summed E-state index contributed by atoms with van der Waals surface area (Å²) in [5, 5.41) is 3.27. The predicted octanol–water partition coefficient (Wildman–Crippen LogP) is 3.32. The number of rotatable bonds is 5. The van der Waals surface area contributed by atoms with Crippen molar-refractivity contribution in [3.63, 3.8) is 0 Å². The Bertz CT molecular complexity index is 542. The van der Waals surface area contributed by atoms with E-state index in [1.807, 2.05) is 11.3 Å². The number of amides is 1. The first-order valence-corrected chi connectivity index (χ1v) is 10.7. The van der Waals surface area contributed by atoms with Crippen LogP contribution in [0.2, 0.25) is 0 Å². The molecule has 0 radical (unpaired) electrons. The summed E-state index contributed by atoms with van der Waals surface area (Å²) in [4.78, 5) is 18.5. The van der Waals surface area contributed by atoms with E-state index in [1.165, 1.54) is 27.9 Å². The Labute approximate surface area is 157 Å². The van der Waals surface area contributed by atoms with Gasteiger partial charge in [-0.05, 0) is 46.8 Å². The summed E-state index contributed by atoms with van der Waals surface area (Å²) in [6.07, 6.45) is 4.97. The highest BCUT2D eigenvalue weighted by molar-refractivity contribution is 9.11. The van der Waals surface area contributed by atoms with Gasteiger partial charge in [-0.2, -0.15) is 0 Å². The monoisotopic (exact) mass is 413 g/mol. The lowest BCUT2D eigenvalue weighted by Gasteiger charge is -2.35. The zero-order valence-corrected chi connectivity index (χ0v) is 16.9. The zero-order chi connectivity index (χ0) is 16.9. The van der Waals surface area contributed by atoms with Crippen LogP contribution in [0.3, 0.4) is 0 Å². The molecule has 0 spiro atoms. The number of carbonyl (C=O) groups is 1. The van der Waals surface area contributed by atoms with Gasteiger partial charge in [0.15, 0.2) is 0 Å². The molecule has 1 N–H and O–H groups in total. The molecule has 2 atom stereocenters. The summed E-state index contributed by atoms with van der Waals surface area (Å²) in [6, 6.07) is 4.71. The van der Waals surface area contributed by atoms with E-state index in [0.717, 1.165) is 39.1 Å². The number of piperazine rings is 1. The van der Waals surface area contributed by atoms with Gasteiger partial charge >= 0.3 is 0 Å². The first-order valence-electron chi connectivity index (χ1n) is 9.08. The molecule has 134 valence electrons. The Balaban J connectivity index is 1.37. The highest BCUT2D eigenvalue weighted by atomic mass is 79.9. The highest BCUT2D eigenvalue weighted by Gasteiger charge is 2.24. The average Bonchev–Trinajstić information content (AvgIpc) is 2.96. The van der Waals surface area contributed by atoms with Crippen LogP contribution in [-0.2, 0) is 11.3 Å². The van der Waals surface area contributed by atoms with Crippen LogP contribution >= 0.6 is 27.3 Å². The number of hydrogen-bond donors (Lipinski definition) is 1. The van der Waals surface area contributed by atoms with Crippen molar-refractivity contribution in [3.05, 3.63) is 20.8 Å². The molecule has 2 heterocycles. The zero-order valence-electron chi connectivity index (χ0n) is 14.5.